The van der Waals surface area contributed by atoms with Crippen LogP contribution in [0.25, 0.3) is 0 Å². The Bertz CT molecular complexity index is 711. The number of aromatic nitrogens is 1. The Morgan fingerprint density at radius 1 is 1.38 bits per heavy atom. The number of aldehydes is 1. The molecule has 0 atom stereocenters. The fraction of sp³-hybridized carbons (Fsp3) is 0.133. The molecule has 0 spiro atoms. The molecule has 21 heavy (non-hydrogen) atoms. The summed E-state index contributed by atoms with van der Waals surface area (Å²) in [6, 6.07) is 10.1. The first-order valence-electron chi connectivity index (χ1n) is 6.14. The zero-order chi connectivity index (χ0) is 15.2. The quantitative estimate of drug-likeness (QED) is 0.771. The fourth-order valence-corrected chi connectivity index (χ4v) is 2.08. The number of rotatable bonds is 5. The van der Waals surface area contributed by atoms with Crippen molar-refractivity contribution in [3.8, 4) is 23.6 Å². The topological polar surface area (TPSA) is 72.2 Å². The van der Waals surface area contributed by atoms with Gasteiger partial charge in [0.1, 0.15) is 23.7 Å². The molecule has 0 radical (unpaired) electrons. The van der Waals surface area contributed by atoms with Crippen LogP contribution in [0.5, 0.6) is 17.5 Å². The summed E-state index contributed by atoms with van der Waals surface area (Å²) in [5, 5.41) is 8.98. The average Bonchev–Trinajstić information content (AvgIpc) is 2.50. The van der Waals surface area contributed by atoms with Gasteiger partial charge in [0.05, 0.1) is 11.1 Å². The highest BCUT2D eigenvalue weighted by atomic mass is 79.9. The van der Waals surface area contributed by atoms with Crippen LogP contribution in [0.4, 0.5) is 0 Å². The van der Waals surface area contributed by atoms with E-state index in [-0.39, 0.29) is 5.88 Å². The summed E-state index contributed by atoms with van der Waals surface area (Å²) in [5.41, 5.74) is 0.886. The van der Waals surface area contributed by atoms with Crippen molar-refractivity contribution in [1.29, 1.82) is 5.26 Å². The Hall–Kier alpha value is -2.39. The van der Waals surface area contributed by atoms with Crippen molar-refractivity contribution in [3.05, 3.63) is 45.9 Å². The van der Waals surface area contributed by atoms with Crippen LogP contribution < -0.4 is 9.47 Å². The van der Waals surface area contributed by atoms with Crippen LogP contribution in [-0.2, 0) is 0 Å². The van der Waals surface area contributed by atoms with Crippen molar-refractivity contribution in [2.75, 3.05) is 6.61 Å². The van der Waals surface area contributed by atoms with Gasteiger partial charge in [-0.15, -0.1) is 0 Å². The first-order valence-corrected chi connectivity index (χ1v) is 6.93. The lowest BCUT2D eigenvalue weighted by Gasteiger charge is -2.09. The van der Waals surface area contributed by atoms with Crippen LogP contribution in [0.2, 0.25) is 0 Å². The number of nitriles is 1. The first-order chi connectivity index (χ1) is 10.2. The second-order valence-corrected chi connectivity index (χ2v) is 4.81. The second kappa shape index (κ2) is 6.86. The van der Waals surface area contributed by atoms with E-state index >= 15 is 0 Å². The number of hydrogen-bond donors (Lipinski definition) is 0. The normalized spacial score (nSPS) is 9.76. The Kier molecular flexibility index (Phi) is 4.90. The molecule has 6 heteroatoms. The minimum Gasteiger partial charge on any atom is -0.477 e. The second-order valence-electron chi connectivity index (χ2n) is 3.96. The number of ether oxygens (including phenoxy) is 2. The molecule has 106 valence electrons. The SMILES string of the molecule is CCOc1nc(Oc2ccc(C=O)cc2Br)ccc1C#N. The number of hydrogen-bond acceptors (Lipinski definition) is 5. The summed E-state index contributed by atoms with van der Waals surface area (Å²) < 4.78 is 11.6. The van der Waals surface area contributed by atoms with E-state index in [0.29, 0.717) is 33.8 Å². The lowest BCUT2D eigenvalue weighted by molar-refractivity contribution is 0.112. The fourth-order valence-electron chi connectivity index (χ4n) is 1.60. The molecular weight excluding hydrogens is 336 g/mol. The summed E-state index contributed by atoms with van der Waals surface area (Å²) >= 11 is 3.33. The predicted octanol–water partition coefficient (Wildman–Crippen LogP) is 3.72. The predicted molar refractivity (Wildman–Crippen MR) is 79.7 cm³/mol. The lowest BCUT2D eigenvalue weighted by atomic mass is 10.2. The van der Waals surface area contributed by atoms with Gasteiger partial charge in [0.15, 0.2) is 0 Å². The van der Waals surface area contributed by atoms with Crippen molar-refractivity contribution >= 4 is 22.2 Å². The number of carbonyl (C=O) groups is 1. The highest BCUT2D eigenvalue weighted by molar-refractivity contribution is 9.10. The summed E-state index contributed by atoms with van der Waals surface area (Å²) in [7, 11) is 0. The molecule has 0 aliphatic heterocycles. The average molecular weight is 347 g/mol. The van der Waals surface area contributed by atoms with E-state index in [9.17, 15) is 4.79 Å². The molecule has 0 N–H and O–H groups in total. The number of benzene rings is 1. The van der Waals surface area contributed by atoms with Gasteiger partial charge in [0, 0.05) is 11.6 Å². The van der Waals surface area contributed by atoms with E-state index in [4.69, 9.17) is 14.7 Å². The van der Waals surface area contributed by atoms with Crippen LogP contribution in [0.1, 0.15) is 22.8 Å². The van der Waals surface area contributed by atoms with Crippen LogP contribution in [0, 0.1) is 11.3 Å². The molecule has 0 fully saturated rings. The Morgan fingerprint density at radius 2 is 2.19 bits per heavy atom. The van der Waals surface area contributed by atoms with E-state index in [1.807, 2.05) is 13.0 Å². The zero-order valence-corrected chi connectivity index (χ0v) is 12.8. The molecule has 0 aliphatic carbocycles. The molecule has 5 nitrogen and oxygen atoms in total. The molecule has 2 rings (SSSR count). The molecule has 1 aromatic carbocycles. The van der Waals surface area contributed by atoms with Gasteiger partial charge in [0.2, 0.25) is 11.8 Å². The molecule has 0 saturated carbocycles. The van der Waals surface area contributed by atoms with E-state index in [1.165, 1.54) is 0 Å². The maximum atomic E-state index is 10.7. The van der Waals surface area contributed by atoms with Crippen LogP contribution in [0.3, 0.4) is 0 Å². The molecular formula is C15H11BrN2O3. The Labute approximate surface area is 130 Å². The highest BCUT2D eigenvalue weighted by Crippen LogP contribution is 2.30. The van der Waals surface area contributed by atoms with E-state index in [1.54, 1.807) is 30.3 Å². The Morgan fingerprint density at radius 3 is 2.81 bits per heavy atom. The lowest BCUT2D eigenvalue weighted by Crippen LogP contribution is -1.99. The summed E-state index contributed by atoms with van der Waals surface area (Å²) in [5.74, 6) is 1.05. The molecule has 0 saturated heterocycles. The van der Waals surface area contributed by atoms with Crippen molar-refractivity contribution in [2.45, 2.75) is 6.92 Å². The monoisotopic (exact) mass is 346 g/mol. The van der Waals surface area contributed by atoms with Gasteiger partial charge in [0.25, 0.3) is 0 Å². The van der Waals surface area contributed by atoms with Gasteiger partial charge in [-0.3, -0.25) is 4.79 Å². The number of pyridine rings is 1. The molecule has 2 aromatic rings. The highest BCUT2D eigenvalue weighted by Gasteiger charge is 2.10. The molecule has 1 heterocycles. The summed E-state index contributed by atoms with van der Waals surface area (Å²) in [6.45, 7) is 2.22. The minimum atomic E-state index is 0.234. The smallest absolute Gasteiger partial charge is 0.234 e. The van der Waals surface area contributed by atoms with E-state index in [0.717, 1.165) is 6.29 Å². The standard InChI is InChI=1S/C15H11BrN2O3/c1-2-20-15-11(8-17)4-6-14(18-15)21-13-5-3-10(9-19)7-12(13)16/h3-7,9H,2H2,1H3. The van der Waals surface area contributed by atoms with E-state index < -0.39 is 0 Å². The van der Waals surface area contributed by atoms with Gasteiger partial charge in [-0.25, -0.2) is 0 Å². The number of halogens is 1. The number of nitrogens with zero attached hydrogens (tertiary/aromatic N) is 2. The van der Waals surface area contributed by atoms with Gasteiger partial charge < -0.3 is 9.47 Å². The molecule has 0 bridgehead atoms. The molecule has 0 aliphatic rings. The third-order valence-electron chi connectivity index (χ3n) is 2.54. The van der Waals surface area contributed by atoms with Crippen LogP contribution in [-0.4, -0.2) is 17.9 Å². The van der Waals surface area contributed by atoms with Gasteiger partial charge in [-0.05, 0) is 47.1 Å². The van der Waals surface area contributed by atoms with Crippen LogP contribution >= 0.6 is 15.9 Å². The number of carbonyl (C=O) groups excluding carboxylic acids is 1. The van der Waals surface area contributed by atoms with Crippen LogP contribution in [0.15, 0.2) is 34.8 Å². The third-order valence-corrected chi connectivity index (χ3v) is 3.16. The maximum Gasteiger partial charge on any atom is 0.234 e. The Balaban J connectivity index is 2.29. The summed E-state index contributed by atoms with van der Waals surface area (Å²) in [4.78, 5) is 14.8. The molecule has 0 amide bonds. The van der Waals surface area contributed by atoms with Gasteiger partial charge in [-0.1, -0.05) is 0 Å². The molecule has 0 unspecified atom stereocenters. The zero-order valence-electron chi connectivity index (χ0n) is 11.2. The van der Waals surface area contributed by atoms with E-state index in [2.05, 4.69) is 20.9 Å². The molecule has 1 aromatic heterocycles. The largest absolute Gasteiger partial charge is 0.477 e. The van der Waals surface area contributed by atoms with Gasteiger partial charge >= 0.3 is 0 Å². The first kappa shape index (κ1) is 15.0. The minimum absolute atomic E-state index is 0.234. The van der Waals surface area contributed by atoms with Crippen molar-refractivity contribution in [1.82, 2.24) is 4.98 Å². The summed E-state index contributed by atoms with van der Waals surface area (Å²) in [6.07, 6.45) is 0.752. The maximum absolute atomic E-state index is 10.7. The van der Waals surface area contributed by atoms with Crippen molar-refractivity contribution < 1.29 is 14.3 Å². The third kappa shape index (κ3) is 3.58. The van der Waals surface area contributed by atoms with Gasteiger partial charge in [-0.2, -0.15) is 10.2 Å². The van der Waals surface area contributed by atoms with Crippen molar-refractivity contribution in [3.63, 3.8) is 0 Å². The van der Waals surface area contributed by atoms with Crippen molar-refractivity contribution in [2.24, 2.45) is 0 Å².